The zero-order chi connectivity index (χ0) is 16.8. The molecule has 1 aromatic heterocycles. The van der Waals surface area contributed by atoms with Crippen LogP contribution in [0.3, 0.4) is 0 Å². The first-order valence-corrected chi connectivity index (χ1v) is 7.26. The number of aliphatic hydroxyl groups excluding tert-OH is 1. The number of hydrogen-bond donors (Lipinski definition) is 1. The van der Waals surface area contributed by atoms with Gasteiger partial charge in [0.1, 0.15) is 17.6 Å². The first-order valence-electron chi connectivity index (χ1n) is 7.26. The number of rotatable bonds is 2. The zero-order valence-electron chi connectivity index (χ0n) is 12.7. The van der Waals surface area contributed by atoms with Crippen molar-refractivity contribution in [2.75, 3.05) is 13.8 Å². The average Bonchev–Trinajstić information content (AvgIpc) is 3.30. The standard InChI is InChI=1S/C17H13NO6/c1-18-14(11-3-2-6-22-11)13(16(20)17(18)21)15(19)9-4-5-10-12(7-9)24-8-23-10/h2-7,14,19H,8H2,1H3/b15-13+. The second kappa shape index (κ2) is 5.16. The Morgan fingerprint density at radius 3 is 2.75 bits per heavy atom. The third-order valence-electron chi connectivity index (χ3n) is 4.13. The van der Waals surface area contributed by atoms with Gasteiger partial charge in [-0.3, -0.25) is 9.59 Å². The number of likely N-dealkylation sites (N-methyl/N-ethyl adjacent to an activating group) is 1. The van der Waals surface area contributed by atoms with Crippen LogP contribution in [0, 0.1) is 0 Å². The molecule has 0 spiro atoms. The Hall–Kier alpha value is -3.22. The number of fused-ring (bicyclic) bond motifs is 1. The van der Waals surface area contributed by atoms with Crippen molar-refractivity contribution in [2.45, 2.75) is 6.04 Å². The van der Waals surface area contributed by atoms with Crippen molar-refractivity contribution in [3.63, 3.8) is 0 Å². The van der Waals surface area contributed by atoms with Gasteiger partial charge in [0.15, 0.2) is 11.5 Å². The van der Waals surface area contributed by atoms with Gasteiger partial charge in [0.2, 0.25) is 6.79 Å². The number of likely N-dealkylation sites (tertiary alicyclic amines) is 1. The fourth-order valence-corrected chi connectivity index (χ4v) is 2.93. The Morgan fingerprint density at radius 1 is 1.21 bits per heavy atom. The number of ketones is 1. The molecule has 2 aliphatic heterocycles. The number of benzene rings is 1. The second-order valence-corrected chi connectivity index (χ2v) is 5.49. The van der Waals surface area contributed by atoms with Crippen LogP contribution in [-0.4, -0.2) is 35.5 Å². The van der Waals surface area contributed by atoms with E-state index in [4.69, 9.17) is 13.9 Å². The monoisotopic (exact) mass is 327 g/mol. The summed E-state index contributed by atoms with van der Waals surface area (Å²) in [7, 11) is 1.49. The Labute approximate surface area is 136 Å². The minimum Gasteiger partial charge on any atom is -0.507 e. The number of carbonyl (C=O) groups excluding carboxylic acids is 2. The lowest BCUT2D eigenvalue weighted by atomic mass is 9.99. The Balaban J connectivity index is 1.86. The number of Topliss-reactive ketones (excluding diaryl/α,β-unsaturated/α-hetero) is 1. The highest BCUT2D eigenvalue weighted by Crippen LogP contribution is 2.40. The van der Waals surface area contributed by atoms with Crippen molar-refractivity contribution >= 4 is 17.4 Å². The summed E-state index contributed by atoms with van der Waals surface area (Å²) in [6.45, 7) is 0.102. The van der Waals surface area contributed by atoms with Crippen LogP contribution in [0.2, 0.25) is 0 Å². The molecular formula is C17H13NO6. The van der Waals surface area contributed by atoms with Crippen LogP contribution in [0.15, 0.2) is 46.6 Å². The molecule has 0 bridgehead atoms. The van der Waals surface area contributed by atoms with Gasteiger partial charge in [-0.15, -0.1) is 0 Å². The molecule has 0 aliphatic carbocycles. The Bertz CT molecular complexity index is 867. The number of ether oxygens (including phenoxy) is 2. The topological polar surface area (TPSA) is 89.2 Å². The molecule has 7 nitrogen and oxygen atoms in total. The van der Waals surface area contributed by atoms with Crippen LogP contribution < -0.4 is 9.47 Å². The maximum Gasteiger partial charge on any atom is 0.295 e. The molecule has 1 aromatic carbocycles. The molecule has 24 heavy (non-hydrogen) atoms. The SMILES string of the molecule is CN1C(=O)C(=O)/C(=C(/O)c2ccc3c(c2)OCO3)C1c1ccco1. The Morgan fingerprint density at radius 2 is 2.00 bits per heavy atom. The number of amides is 1. The fourth-order valence-electron chi connectivity index (χ4n) is 2.93. The summed E-state index contributed by atoms with van der Waals surface area (Å²) < 4.78 is 15.9. The average molecular weight is 327 g/mol. The van der Waals surface area contributed by atoms with E-state index < -0.39 is 17.7 Å². The van der Waals surface area contributed by atoms with E-state index >= 15 is 0 Å². The lowest BCUT2D eigenvalue weighted by Gasteiger charge is -2.18. The van der Waals surface area contributed by atoms with E-state index in [1.54, 1.807) is 30.3 Å². The van der Waals surface area contributed by atoms with E-state index in [9.17, 15) is 14.7 Å². The number of nitrogens with zero attached hydrogens (tertiary/aromatic N) is 1. The minimum absolute atomic E-state index is 0.0173. The van der Waals surface area contributed by atoms with Gasteiger partial charge in [-0.05, 0) is 30.3 Å². The number of carbonyl (C=O) groups is 2. The first kappa shape index (κ1) is 14.4. The van der Waals surface area contributed by atoms with Gasteiger partial charge in [0.05, 0.1) is 11.8 Å². The largest absolute Gasteiger partial charge is 0.507 e. The molecule has 0 saturated carbocycles. The summed E-state index contributed by atoms with van der Waals surface area (Å²) in [6.07, 6.45) is 1.45. The molecule has 2 aromatic rings. The maximum absolute atomic E-state index is 12.4. The highest BCUT2D eigenvalue weighted by molar-refractivity contribution is 6.46. The molecule has 1 N–H and O–H groups in total. The quantitative estimate of drug-likeness (QED) is 0.516. The highest BCUT2D eigenvalue weighted by Gasteiger charge is 2.45. The normalized spacial score (nSPS) is 21.5. The minimum atomic E-state index is -0.773. The van der Waals surface area contributed by atoms with Gasteiger partial charge < -0.3 is 23.9 Å². The van der Waals surface area contributed by atoms with E-state index in [-0.39, 0.29) is 18.1 Å². The lowest BCUT2D eigenvalue weighted by Crippen LogP contribution is -2.24. The smallest absolute Gasteiger partial charge is 0.295 e. The summed E-state index contributed by atoms with van der Waals surface area (Å²) in [5.41, 5.74) is 0.346. The van der Waals surface area contributed by atoms with Crippen LogP contribution in [0.4, 0.5) is 0 Å². The molecule has 1 saturated heterocycles. The summed E-state index contributed by atoms with van der Waals surface area (Å²) >= 11 is 0. The van der Waals surface area contributed by atoms with Gasteiger partial charge in [-0.2, -0.15) is 0 Å². The van der Waals surface area contributed by atoms with Crippen LogP contribution in [0.25, 0.3) is 5.76 Å². The van der Waals surface area contributed by atoms with Gasteiger partial charge in [-0.1, -0.05) is 0 Å². The molecule has 1 atom stereocenters. The molecule has 4 rings (SSSR count). The van der Waals surface area contributed by atoms with E-state index in [1.165, 1.54) is 18.2 Å². The molecule has 122 valence electrons. The van der Waals surface area contributed by atoms with Crippen molar-refractivity contribution in [1.29, 1.82) is 0 Å². The van der Waals surface area contributed by atoms with Crippen molar-refractivity contribution < 1.29 is 28.6 Å². The van der Waals surface area contributed by atoms with E-state index in [2.05, 4.69) is 0 Å². The molecule has 3 heterocycles. The first-order chi connectivity index (χ1) is 11.6. The molecule has 7 heteroatoms. The molecule has 2 aliphatic rings. The third kappa shape index (κ3) is 1.98. The lowest BCUT2D eigenvalue weighted by molar-refractivity contribution is -0.139. The molecular weight excluding hydrogens is 314 g/mol. The van der Waals surface area contributed by atoms with Gasteiger partial charge in [0, 0.05) is 12.6 Å². The maximum atomic E-state index is 12.4. The number of hydrogen-bond acceptors (Lipinski definition) is 6. The van der Waals surface area contributed by atoms with Crippen LogP contribution in [0.1, 0.15) is 17.4 Å². The molecule has 1 unspecified atom stereocenters. The van der Waals surface area contributed by atoms with Crippen molar-refractivity contribution in [3.05, 3.63) is 53.5 Å². The van der Waals surface area contributed by atoms with Gasteiger partial charge in [0.25, 0.3) is 11.7 Å². The predicted molar refractivity (Wildman–Crippen MR) is 81.3 cm³/mol. The van der Waals surface area contributed by atoms with E-state index in [1.807, 2.05) is 0 Å². The zero-order valence-corrected chi connectivity index (χ0v) is 12.7. The van der Waals surface area contributed by atoms with Gasteiger partial charge >= 0.3 is 0 Å². The summed E-state index contributed by atoms with van der Waals surface area (Å²) in [5.74, 6) is -0.298. The van der Waals surface area contributed by atoms with Gasteiger partial charge in [-0.25, -0.2) is 0 Å². The number of furan rings is 1. The highest BCUT2D eigenvalue weighted by atomic mass is 16.7. The van der Waals surface area contributed by atoms with Crippen molar-refractivity contribution in [2.24, 2.45) is 0 Å². The summed E-state index contributed by atoms with van der Waals surface area (Å²) in [5, 5.41) is 10.7. The molecule has 1 fully saturated rings. The summed E-state index contributed by atoms with van der Waals surface area (Å²) in [4.78, 5) is 25.7. The fraction of sp³-hybridized carbons (Fsp3) is 0.176. The molecule has 0 radical (unpaired) electrons. The number of aliphatic hydroxyl groups is 1. The molecule has 1 amide bonds. The van der Waals surface area contributed by atoms with E-state index in [0.717, 1.165) is 0 Å². The Kier molecular flexibility index (Phi) is 3.09. The van der Waals surface area contributed by atoms with Crippen molar-refractivity contribution in [1.82, 2.24) is 4.90 Å². The van der Waals surface area contributed by atoms with Crippen molar-refractivity contribution in [3.8, 4) is 11.5 Å². The summed E-state index contributed by atoms with van der Waals surface area (Å²) in [6, 6.07) is 7.35. The van der Waals surface area contributed by atoms with Crippen LogP contribution in [-0.2, 0) is 9.59 Å². The predicted octanol–water partition coefficient (Wildman–Crippen LogP) is 2.06. The van der Waals surface area contributed by atoms with E-state index in [0.29, 0.717) is 22.8 Å². The second-order valence-electron chi connectivity index (χ2n) is 5.49. The van der Waals surface area contributed by atoms with Crippen LogP contribution >= 0.6 is 0 Å². The third-order valence-corrected chi connectivity index (χ3v) is 4.13. The van der Waals surface area contributed by atoms with Crippen LogP contribution in [0.5, 0.6) is 11.5 Å².